The number of hydrogen-bond acceptors (Lipinski definition) is 4. The van der Waals surface area contributed by atoms with Gasteiger partial charge in [-0.15, -0.1) is 0 Å². The van der Waals surface area contributed by atoms with E-state index in [4.69, 9.17) is 4.74 Å². The van der Waals surface area contributed by atoms with Crippen LogP contribution in [-0.4, -0.2) is 32.1 Å². The predicted molar refractivity (Wildman–Crippen MR) is 73.5 cm³/mol. The fourth-order valence-corrected chi connectivity index (χ4v) is 2.18. The first-order chi connectivity index (χ1) is 9.61. The average molecular weight is 277 g/mol. The maximum Gasteiger partial charge on any atom is 0.396 e. The molecule has 2 rings (SSSR count). The summed E-state index contributed by atoms with van der Waals surface area (Å²) in [5, 5.41) is 2.65. The van der Waals surface area contributed by atoms with Crippen molar-refractivity contribution in [3.05, 3.63) is 29.8 Å². The van der Waals surface area contributed by atoms with Crippen LogP contribution in [-0.2, 0) is 19.7 Å². The number of rotatable bonds is 5. The number of nitrogens with one attached hydrogen (secondary N) is 1. The Morgan fingerprint density at radius 3 is 2.40 bits per heavy atom. The zero-order valence-corrected chi connectivity index (χ0v) is 11.8. The Balaban J connectivity index is 1.94. The minimum Gasteiger partial charge on any atom is -0.497 e. The third kappa shape index (κ3) is 3.10. The Morgan fingerprint density at radius 1 is 1.25 bits per heavy atom. The highest BCUT2D eigenvalue weighted by atomic mass is 16.5. The van der Waals surface area contributed by atoms with Gasteiger partial charge in [-0.1, -0.05) is 12.1 Å². The van der Waals surface area contributed by atoms with Crippen LogP contribution >= 0.6 is 0 Å². The quantitative estimate of drug-likeness (QED) is 0.653. The monoisotopic (exact) mass is 277 g/mol. The van der Waals surface area contributed by atoms with Crippen LogP contribution in [0.4, 0.5) is 0 Å². The molecule has 1 aromatic carbocycles. The van der Waals surface area contributed by atoms with Gasteiger partial charge in [0.2, 0.25) is 0 Å². The van der Waals surface area contributed by atoms with Crippen molar-refractivity contribution in [1.29, 1.82) is 0 Å². The zero-order chi connectivity index (χ0) is 14.6. The molecule has 1 N–H and O–H groups in total. The molecule has 1 aliphatic rings. The molecule has 5 heteroatoms. The molecule has 1 aliphatic carbocycles. The van der Waals surface area contributed by atoms with Crippen molar-refractivity contribution < 1.29 is 19.1 Å². The lowest BCUT2D eigenvalue weighted by molar-refractivity contribution is -0.154. The third-order valence-corrected chi connectivity index (χ3v) is 3.60. The van der Waals surface area contributed by atoms with Crippen LogP contribution in [0, 0.1) is 0 Å². The second-order valence-corrected chi connectivity index (χ2v) is 4.91. The fourth-order valence-electron chi connectivity index (χ4n) is 2.18. The summed E-state index contributed by atoms with van der Waals surface area (Å²) in [6, 6.07) is 7.82. The maximum atomic E-state index is 11.5. The SMILES string of the molecule is CCOC(=O)C(=O)NCC1(c2ccc(OC)cc2)CC1. The van der Waals surface area contributed by atoms with Crippen molar-refractivity contribution in [2.24, 2.45) is 0 Å². The number of ether oxygens (including phenoxy) is 2. The Kier molecular flexibility index (Phi) is 4.27. The van der Waals surface area contributed by atoms with Crippen LogP contribution in [0.5, 0.6) is 5.75 Å². The van der Waals surface area contributed by atoms with E-state index in [2.05, 4.69) is 10.1 Å². The number of benzene rings is 1. The number of amides is 1. The average Bonchev–Trinajstić information content (AvgIpc) is 3.26. The van der Waals surface area contributed by atoms with Crippen LogP contribution < -0.4 is 10.1 Å². The maximum absolute atomic E-state index is 11.5. The highest BCUT2D eigenvalue weighted by Gasteiger charge is 2.44. The van der Waals surface area contributed by atoms with E-state index in [0.717, 1.165) is 24.2 Å². The van der Waals surface area contributed by atoms with Gasteiger partial charge >= 0.3 is 11.9 Å². The van der Waals surface area contributed by atoms with Gasteiger partial charge in [0.1, 0.15) is 5.75 Å². The molecule has 5 nitrogen and oxygen atoms in total. The Labute approximate surface area is 118 Å². The van der Waals surface area contributed by atoms with Gasteiger partial charge in [0, 0.05) is 12.0 Å². The molecule has 0 heterocycles. The van der Waals surface area contributed by atoms with Crippen molar-refractivity contribution in [2.45, 2.75) is 25.2 Å². The van der Waals surface area contributed by atoms with Gasteiger partial charge in [-0.25, -0.2) is 4.79 Å². The van der Waals surface area contributed by atoms with E-state index in [-0.39, 0.29) is 12.0 Å². The van der Waals surface area contributed by atoms with Crippen LogP contribution in [0.25, 0.3) is 0 Å². The number of carbonyl (C=O) groups is 2. The molecule has 108 valence electrons. The lowest BCUT2D eigenvalue weighted by Crippen LogP contribution is -2.37. The third-order valence-electron chi connectivity index (χ3n) is 3.60. The summed E-state index contributed by atoms with van der Waals surface area (Å²) < 4.78 is 9.79. The van der Waals surface area contributed by atoms with Crippen LogP contribution in [0.3, 0.4) is 0 Å². The molecule has 20 heavy (non-hydrogen) atoms. The minimum atomic E-state index is -0.821. The number of esters is 1. The summed E-state index contributed by atoms with van der Waals surface area (Å²) in [5.74, 6) is -0.690. The van der Waals surface area contributed by atoms with Crippen molar-refractivity contribution in [3.63, 3.8) is 0 Å². The largest absolute Gasteiger partial charge is 0.497 e. The molecular weight excluding hydrogens is 258 g/mol. The molecule has 1 saturated carbocycles. The van der Waals surface area contributed by atoms with Crippen LogP contribution in [0.15, 0.2) is 24.3 Å². The van der Waals surface area contributed by atoms with E-state index < -0.39 is 11.9 Å². The van der Waals surface area contributed by atoms with Crippen molar-refractivity contribution in [2.75, 3.05) is 20.3 Å². The van der Waals surface area contributed by atoms with Gasteiger partial charge in [-0.3, -0.25) is 4.79 Å². The van der Waals surface area contributed by atoms with Crippen molar-refractivity contribution in [3.8, 4) is 5.75 Å². The van der Waals surface area contributed by atoms with Gasteiger partial charge < -0.3 is 14.8 Å². The molecule has 1 fully saturated rings. The molecule has 0 radical (unpaired) electrons. The second-order valence-electron chi connectivity index (χ2n) is 4.91. The van der Waals surface area contributed by atoms with Gasteiger partial charge in [-0.05, 0) is 37.5 Å². The molecule has 0 atom stereocenters. The van der Waals surface area contributed by atoms with Gasteiger partial charge in [0.05, 0.1) is 13.7 Å². The Hall–Kier alpha value is -2.04. The molecular formula is C15H19NO4. The van der Waals surface area contributed by atoms with Crippen LogP contribution in [0.2, 0.25) is 0 Å². The summed E-state index contributed by atoms with van der Waals surface area (Å²) >= 11 is 0. The highest BCUT2D eigenvalue weighted by Crippen LogP contribution is 2.47. The second kappa shape index (κ2) is 5.94. The highest BCUT2D eigenvalue weighted by molar-refractivity contribution is 6.32. The first kappa shape index (κ1) is 14.4. The summed E-state index contributed by atoms with van der Waals surface area (Å²) in [4.78, 5) is 22.8. The van der Waals surface area contributed by atoms with E-state index in [1.165, 1.54) is 0 Å². The molecule has 0 bridgehead atoms. The normalized spacial score (nSPS) is 15.3. The van der Waals surface area contributed by atoms with Gasteiger partial charge in [-0.2, -0.15) is 0 Å². The van der Waals surface area contributed by atoms with E-state index in [0.29, 0.717) is 6.54 Å². The van der Waals surface area contributed by atoms with Crippen LogP contribution in [0.1, 0.15) is 25.3 Å². The topological polar surface area (TPSA) is 64.6 Å². The van der Waals surface area contributed by atoms with Crippen molar-refractivity contribution in [1.82, 2.24) is 5.32 Å². The lowest BCUT2D eigenvalue weighted by atomic mass is 9.96. The molecule has 0 aliphatic heterocycles. The van der Waals surface area contributed by atoms with Crippen molar-refractivity contribution >= 4 is 11.9 Å². The number of hydrogen-bond donors (Lipinski definition) is 1. The lowest BCUT2D eigenvalue weighted by Gasteiger charge is -2.16. The summed E-state index contributed by atoms with van der Waals surface area (Å²) in [5.41, 5.74) is 1.11. The molecule has 1 amide bonds. The molecule has 0 spiro atoms. The van der Waals surface area contributed by atoms with E-state index in [1.807, 2.05) is 24.3 Å². The standard InChI is InChI=1S/C15H19NO4/c1-3-20-14(18)13(17)16-10-15(8-9-15)11-4-6-12(19-2)7-5-11/h4-7H,3,8-10H2,1-2H3,(H,16,17). The zero-order valence-electron chi connectivity index (χ0n) is 11.8. The molecule has 0 unspecified atom stereocenters. The summed E-state index contributed by atoms with van der Waals surface area (Å²) in [7, 11) is 1.63. The number of carbonyl (C=O) groups excluding carboxylic acids is 2. The first-order valence-corrected chi connectivity index (χ1v) is 6.71. The van der Waals surface area contributed by atoms with E-state index in [9.17, 15) is 9.59 Å². The Bertz CT molecular complexity index is 491. The number of methoxy groups -OCH3 is 1. The minimum absolute atomic E-state index is 0.0472. The Morgan fingerprint density at radius 2 is 1.90 bits per heavy atom. The molecule has 1 aromatic rings. The summed E-state index contributed by atoms with van der Waals surface area (Å²) in [6.07, 6.45) is 2.00. The smallest absolute Gasteiger partial charge is 0.396 e. The van der Waals surface area contributed by atoms with Gasteiger partial charge in [0.15, 0.2) is 0 Å². The molecule has 0 saturated heterocycles. The predicted octanol–water partition coefficient (Wildman–Crippen LogP) is 1.41. The molecule has 0 aromatic heterocycles. The fraction of sp³-hybridized carbons (Fsp3) is 0.467. The first-order valence-electron chi connectivity index (χ1n) is 6.71. The summed E-state index contributed by atoms with van der Waals surface area (Å²) in [6.45, 7) is 2.33. The van der Waals surface area contributed by atoms with Gasteiger partial charge in [0.25, 0.3) is 0 Å². The van der Waals surface area contributed by atoms with E-state index in [1.54, 1.807) is 14.0 Å². The van der Waals surface area contributed by atoms with E-state index >= 15 is 0 Å².